The Kier molecular flexibility index (Phi) is 3.82. The van der Waals surface area contributed by atoms with Gasteiger partial charge in [-0.05, 0) is 32.9 Å². The fourth-order valence-electron chi connectivity index (χ4n) is 1.97. The van der Waals surface area contributed by atoms with E-state index in [1.54, 1.807) is 12.1 Å². The predicted molar refractivity (Wildman–Crippen MR) is 70.2 cm³/mol. The highest BCUT2D eigenvalue weighted by atomic mass is 32.1. The summed E-state index contributed by atoms with van der Waals surface area (Å²) in [6, 6.07) is 3.53. The largest absolute Gasteiger partial charge is 0.375 e. The number of rotatable bonds is 2. The van der Waals surface area contributed by atoms with E-state index in [2.05, 4.69) is 0 Å². The van der Waals surface area contributed by atoms with E-state index in [0.29, 0.717) is 22.9 Å². The minimum Gasteiger partial charge on any atom is -0.375 e. The van der Waals surface area contributed by atoms with Crippen LogP contribution < -0.4 is 0 Å². The number of hydrogen-bond acceptors (Lipinski definition) is 4. The third-order valence-corrected chi connectivity index (χ3v) is 4.21. The summed E-state index contributed by atoms with van der Waals surface area (Å²) in [7, 11) is 0. The Morgan fingerprint density at radius 1 is 1.33 bits per heavy atom. The zero-order valence-corrected chi connectivity index (χ0v) is 11.6. The molecule has 18 heavy (non-hydrogen) atoms. The first-order valence-corrected chi connectivity index (χ1v) is 6.84. The van der Waals surface area contributed by atoms with Crippen molar-refractivity contribution in [3.63, 3.8) is 0 Å². The van der Waals surface area contributed by atoms with Crippen molar-refractivity contribution in [2.45, 2.75) is 32.9 Å². The van der Waals surface area contributed by atoms with E-state index in [0.717, 1.165) is 0 Å². The molecular formula is C13H17NO3S. The number of carbonyl (C=O) groups excluding carboxylic acids is 2. The van der Waals surface area contributed by atoms with Gasteiger partial charge in [0.1, 0.15) is 0 Å². The maximum atomic E-state index is 12.4. The van der Waals surface area contributed by atoms with Gasteiger partial charge in [-0.1, -0.05) is 0 Å². The SMILES string of the molecule is CC(=O)c1ccc(C(=O)N2C[C@@H](C)OC[C@H]2C)s1. The van der Waals surface area contributed by atoms with E-state index in [9.17, 15) is 9.59 Å². The number of hydrogen-bond donors (Lipinski definition) is 0. The smallest absolute Gasteiger partial charge is 0.264 e. The Morgan fingerprint density at radius 3 is 2.61 bits per heavy atom. The number of morpholine rings is 1. The molecular weight excluding hydrogens is 250 g/mol. The van der Waals surface area contributed by atoms with Crippen LogP contribution in [-0.2, 0) is 4.74 Å². The molecule has 0 bridgehead atoms. The first-order chi connectivity index (χ1) is 8.49. The third kappa shape index (κ3) is 2.62. The number of nitrogens with zero attached hydrogens (tertiary/aromatic N) is 1. The van der Waals surface area contributed by atoms with Crippen LogP contribution in [0.15, 0.2) is 12.1 Å². The summed E-state index contributed by atoms with van der Waals surface area (Å²) in [5.74, 6) is -0.00223. The minimum atomic E-state index is -0.00449. The number of ketones is 1. The highest BCUT2D eigenvalue weighted by molar-refractivity contribution is 7.15. The van der Waals surface area contributed by atoms with Gasteiger partial charge >= 0.3 is 0 Å². The average Bonchev–Trinajstić information content (AvgIpc) is 2.81. The Balaban J connectivity index is 2.16. The van der Waals surface area contributed by atoms with Gasteiger partial charge in [-0.15, -0.1) is 11.3 Å². The van der Waals surface area contributed by atoms with Crippen molar-refractivity contribution >= 4 is 23.0 Å². The second-order valence-electron chi connectivity index (χ2n) is 4.67. The fourth-order valence-corrected chi connectivity index (χ4v) is 2.83. The van der Waals surface area contributed by atoms with Crippen molar-refractivity contribution in [1.82, 2.24) is 4.90 Å². The van der Waals surface area contributed by atoms with Crippen LogP contribution in [0.3, 0.4) is 0 Å². The van der Waals surface area contributed by atoms with Crippen molar-refractivity contribution in [3.05, 3.63) is 21.9 Å². The van der Waals surface area contributed by atoms with Gasteiger partial charge in [0, 0.05) is 6.54 Å². The number of amides is 1. The molecule has 1 saturated heterocycles. The molecule has 0 aliphatic carbocycles. The molecule has 0 aromatic carbocycles. The molecule has 0 radical (unpaired) electrons. The van der Waals surface area contributed by atoms with Crippen molar-refractivity contribution < 1.29 is 14.3 Å². The highest BCUT2D eigenvalue weighted by Crippen LogP contribution is 2.22. The molecule has 0 spiro atoms. The van der Waals surface area contributed by atoms with Crippen LogP contribution >= 0.6 is 11.3 Å². The zero-order chi connectivity index (χ0) is 13.3. The lowest BCUT2D eigenvalue weighted by Gasteiger charge is -2.36. The molecule has 0 N–H and O–H groups in total. The van der Waals surface area contributed by atoms with Crippen LogP contribution in [0.1, 0.15) is 40.1 Å². The minimum absolute atomic E-state index is 0.00226. The molecule has 1 fully saturated rings. The monoisotopic (exact) mass is 267 g/mol. The molecule has 1 aliphatic rings. The lowest BCUT2D eigenvalue weighted by atomic mass is 10.2. The Labute approximate surface area is 111 Å². The highest BCUT2D eigenvalue weighted by Gasteiger charge is 2.29. The van der Waals surface area contributed by atoms with Crippen molar-refractivity contribution in [2.75, 3.05) is 13.2 Å². The van der Waals surface area contributed by atoms with Crippen molar-refractivity contribution in [3.8, 4) is 0 Å². The summed E-state index contributed by atoms with van der Waals surface area (Å²) in [6.07, 6.45) is 0.0670. The summed E-state index contributed by atoms with van der Waals surface area (Å²) in [4.78, 5) is 26.7. The lowest BCUT2D eigenvalue weighted by Crippen LogP contribution is -2.50. The first-order valence-electron chi connectivity index (χ1n) is 6.02. The van der Waals surface area contributed by atoms with Crippen LogP contribution in [0.5, 0.6) is 0 Å². The molecule has 1 aromatic heterocycles. The predicted octanol–water partition coefficient (Wildman–Crippen LogP) is 2.20. The molecule has 1 aromatic rings. The molecule has 1 amide bonds. The van der Waals surface area contributed by atoms with Crippen molar-refractivity contribution in [1.29, 1.82) is 0 Å². The third-order valence-electron chi connectivity index (χ3n) is 3.03. The zero-order valence-electron chi connectivity index (χ0n) is 10.8. The summed E-state index contributed by atoms with van der Waals surface area (Å²) in [5, 5.41) is 0. The first kappa shape index (κ1) is 13.2. The van der Waals surface area contributed by atoms with E-state index in [1.165, 1.54) is 18.3 Å². The van der Waals surface area contributed by atoms with E-state index in [1.807, 2.05) is 18.7 Å². The fraction of sp³-hybridized carbons (Fsp3) is 0.538. The average molecular weight is 267 g/mol. The van der Waals surface area contributed by atoms with E-state index < -0.39 is 0 Å². The summed E-state index contributed by atoms with van der Waals surface area (Å²) < 4.78 is 5.51. The molecule has 2 rings (SSSR count). The Hall–Kier alpha value is -1.20. The molecule has 5 heteroatoms. The molecule has 98 valence electrons. The maximum Gasteiger partial charge on any atom is 0.264 e. The van der Waals surface area contributed by atoms with Crippen LogP contribution in [-0.4, -0.2) is 41.9 Å². The summed E-state index contributed by atoms with van der Waals surface area (Å²) in [6.45, 7) is 6.62. The lowest BCUT2D eigenvalue weighted by molar-refractivity contribution is -0.0385. The van der Waals surface area contributed by atoms with Crippen LogP contribution in [0.2, 0.25) is 0 Å². The Bertz CT molecular complexity index is 469. The number of Topliss-reactive ketones (excluding diaryl/α,β-unsaturated/α-hetero) is 1. The van der Waals surface area contributed by atoms with E-state index >= 15 is 0 Å². The summed E-state index contributed by atoms with van der Waals surface area (Å²) in [5.41, 5.74) is 0. The van der Waals surface area contributed by atoms with Crippen LogP contribution in [0.25, 0.3) is 0 Å². The quantitative estimate of drug-likeness (QED) is 0.772. The van der Waals surface area contributed by atoms with Gasteiger partial charge in [-0.3, -0.25) is 9.59 Å². The second-order valence-corrected chi connectivity index (χ2v) is 5.75. The van der Waals surface area contributed by atoms with Crippen LogP contribution in [0, 0.1) is 0 Å². The second kappa shape index (κ2) is 5.20. The molecule has 4 nitrogen and oxygen atoms in total. The van der Waals surface area contributed by atoms with E-state index in [-0.39, 0.29) is 23.8 Å². The molecule has 2 atom stereocenters. The van der Waals surface area contributed by atoms with Gasteiger partial charge < -0.3 is 9.64 Å². The van der Waals surface area contributed by atoms with E-state index in [4.69, 9.17) is 4.74 Å². The number of carbonyl (C=O) groups is 2. The summed E-state index contributed by atoms with van der Waals surface area (Å²) >= 11 is 1.26. The van der Waals surface area contributed by atoms with Gasteiger partial charge in [0.05, 0.1) is 28.5 Å². The van der Waals surface area contributed by atoms with Gasteiger partial charge in [0.15, 0.2) is 5.78 Å². The van der Waals surface area contributed by atoms with Gasteiger partial charge in [0.25, 0.3) is 5.91 Å². The molecule has 1 aliphatic heterocycles. The van der Waals surface area contributed by atoms with Crippen molar-refractivity contribution in [2.24, 2.45) is 0 Å². The van der Waals surface area contributed by atoms with Gasteiger partial charge in [-0.25, -0.2) is 0 Å². The molecule has 2 heterocycles. The molecule has 0 unspecified atom stereocenters. The number of ether oxygens (including phenoxy) is 1. The maximum absolute atomic E-state index is 12.4. The molecule has 0 saturated carbocycles. The van der Waals surface area contributed by atoms with Gasteiger partial charge in [-0.2, -0.15) is 0 Å². The van der Waals surface area contributed by atoms with Crippen LogP contribution in [0.4, 0.5) is 0 Å². The number of thiophene rings is 1. The normalized spacial score (nSPS) is 24.1. The Morgan fingerprint density at radius 2 is 2.00 bits per heavy atom. The van der Waals surface area contributed by atoms with Gasteiger partial charge in [0.2, 0.25) is 0 Å². The standard InChI is InChI=1S/C13H17NO3S/c1-8-7-17-9(2)6-14(8)13(16)12-5-4-11(18-12)10(3)15/h4-5,8-9H,6-7H2,1-3H3/t8-,9-/m1/s1. The topological polar surface area (TPSA) is 46.6 Å².